The lowest BCUT2D eigenvalue weighted by atomic mass is 10.0. The molecule has 0 N–H and O–H groups in total. The van der Waals surface area contributed by atoms with Crippen LogP contribution in [0.5, 0.6) is 0 Å². The Hall–Kier alpha value is -4.98. The minimum Gasteiger partial charge on any atom is -0.403 e. The Morgan fingerprint density at radius 1 is 0.528 bits per heavy atom. The van der Waals surface area contributed by atoms with Crippen LogP contribution in [0, 0.1) is 11.6 Å². The highest BCUT2D eigenvalue weighted by molar-refractivity contribution is 5.88. The first kappa shape index (κ1) is 21.5. The fraction of sp³-hybridized carbons (Fsp3) is 0. The first-order chi connectivity index (χ1) is 17.4. The third-order valence-corrected chi connectivity index (χ3v) is 5.73. The number of hydrogen-bond donors (Lipinski definition) is 0. The summed E-state index contributed by atoms with van der Waals surface area (Å²) in [5.41, 5.74) is 1.52. The zero-order valence-electron chi connectivity index (χ0n) is 18.4. The maximum atomic E-state index is 13.6. The Labute approximate surface area is 201 Å². The Bertz CT molecular complexity index is 1790. The second-order valence-electron chi connectivity index (χ2n) is 8.10. The van der Waals surface area contributed by atoms with E-state index in [1.165, 1.54) is 36.4 Å². The molecule has 0 aliphatic heterocycles. The Balaban J connectivity index is 1.42. The molecule has 36 heavy (non-hydrogen) atoms. The molecule has 0 saturated carbocycles. The van der Waals surface area contributed by atoms with E-state index in [2.05, 4.69) is 9.97 Å². The van der Waals surface area contributed by atoms with E-state index >= 15 is 0 Å². The highest BCUT2D eigenvalue weighted by Crippen LogP contribution is 2.27. The summed E-state index contributed by atoms with van der Waals surface area (Å²) >= 11 is 0. The van der Waals surface area contributed by atoms with Crippen LogP contribution in [0.2, 0.25) is 0 Å². The minimum absolute atomic E-state index is 0.0169. The van der Waals surface area contributed by atoms with Gasteiger partial charge in [0, 0.05) is 11.1 Å². The second kappa shape index (κ2) is 8.35. The molecule has 0 aliphatic carbocycles. The van der Waals surface area contributed by atoms with E-state index in [-0.39, 0.29) is 22.6 Å². The molecule has 0 atom stereocenters. The zero-order chi connectivity index (χ0) is 24.8. The number of rotatable bonds is 3. The second-order valence-corrected chi connectivity index (χ2v) is 8.10. The summed E-state index contributed by atoms with van der Waals surface area (Å²) in [6, 6.07) is 21.3. The van der Waals surface area contributed by atoms with Crippen molar-refractivity contribution in [3.05, 3.63) is 117 Å². The van der Waals surface area contributed by atoms with Gasteiger partial charge in [-0.2, -0.15) is 0 Å². The largest absolute Gasteiger partial charge is 0.403 e. The topological polar surface area (TPSA) is 86.2 Å². The normalized spacial score (nSPS) is 11.3. The molecular weight excluding hydrogens is 466 g/mol. The molecule has 6 rings (SSSR count). The fourth-order valence-corrected chi connectivity index (χ4v) is 3.99. The van der Waals surface area contributed by atoms with Crippen LogP contribution in [0.15, 0.2) is 103 Å². The molecule has 8 heteroatoms. The molecule has 0 saturated heterocycles. The van der Waals surface area contributed by atoms with Gasteiger partial charge in [0.05, 0.1) is 21.8 Å². The first-order valence-electron chi connectivity index (χ1n) is 10.9. The number of halogens is 2. The molecule has 6 nitrogen and oxygen atoms in total. The molecular formula is C28H14F2N2O4. The smallest absolute Gasteiger partial charge is 0.347 e. The molecule has 0 amide bonds. The van der Waals surface area contributed by atoms with E-state index in [9.17, 15) is 18.4 Å². The quantitative estimate of drug-likeness (QED) is 0.310. The molecule has 0 fully saturated rings. The summed E-state index contributed by atoms with van der Waals surface area (Å²) in [5, 5.41) is 0.471. The number of fused-ring (bicyclic) bond motifs is 2. The SMILES string of the molecule is O=c1oc(-c2cccc(F)c2)nc2ccc(-c3ccc4nc(-c5cccc(F)c5)oc(=O)c4c3)cc12. The van der Waals surface area contributed by atoms with Gasteiger partial charge in [0.15, 0.2) is 0 Å². The minimum atomic E-state index is -0.622. The highest BCUT2D eigenvalue weighted by Gasteiger charge is 2.13. The Kier molecular flexibility index (Phi) is 5.00. The highest BCUT2D eigenvalue weighted by atomic mass is 19.1. The molecule has 2 aromatic heterocycles. The summed E-state index contributed by atoms with van der Waals surface area (Å²) < 4.78 is 37.8. The number of benzene rings is 4. The van der Waals surface area contributed by atoms with E-state index in [0.29, 0.717) is 33.3 Å². The van der Waals surface area contributed by atoms with Gasteiger partial charge in [0.25, 0.3) is 0 Å². The van der Waals surface area contributed by atoms with Crippen LogP contribution in [0.25, 0.3) is 55.8 Å². The van der Waals surface area contributed by atoms with Crippen molar-refractivity contribution in [3.8, 4) is 34.0 Å². The van der Waals surface area contributed by atoms with Crippen molar-refractivity contribution < 1.29 is 17.6 Å². The van der Waals surface area contributed by atoms with Crippen molar-refractivity contribution in [1.29, 1.82) is 0 Å². The van der Waals surface area contributed by atoms with Gasteiger partial charge < -0.3 is 8.83 Å². The monoisotopic (exact) mass is 480 g/mol. The summed E-state index contributed by atoms with van der Waals surface area (Å²) in [7, 11) is 0. The van der Waals surface area contributed by atoms with Crippen molar-refractivity contribution in [2.75, 3.05) is 0 Å². The Morgan fingerprint density at radius 3 is 1.39 bits per heavy atom. The van der Waals surface area contributed by atoms with Crippen molar-refractivity contribution in [2.45, 2.75) is 0 Å². The summed E-state index contributed by atoms with van der Waals surface area (Å²) in [6.07, 6.45) is 0. The van der Waals surface area contributed by atoms with Crippen molar-refractivity contribution in [2.24, 2.45) is 0 Å². The van der Waals surface area contributed by atoms with E-state index in [1.54, 1.807) is 48.5 Å². The van der Waals surface area contributed by atoms with E-state index in [4.69, 9.17) is 8.83 Å². The molecule has 174 valence electrons. The number of aromatic nitrogens is 2. The van der Waals surface area contributed by atoms with Crippen LogP contribution < -0.4 is 11.3 Å². The lowest BCUT2D eigenvalue weighted by Gasteiger charge is -2.07. The van der Waals surface area contributed by atoms with E-state index in [1.807, 2.05) is 0 Å². The lowest BCUT2D eigenvalue weighted by molar-refractivity contribution is 0.517. The molecule has 4 aromatic carbocycles. The van der Waals surface area contributed by atoms with Gasteiger partial charge in [-0.15, -0.1) is 0 Å². The van der Waals surface area contributed by atoms with E-state index < -0.39 is 22.9 Å². The molecule has 6 aromatic rings. The van der Waals surface area contributed by atoms with Gasteiger partial charge in [-0.1, -0.05) is 24.3 Å². The first-order valence-corrected chi connectivity index (χ1v) is 10.9. The lowest BCUT2D eigenvalue weighted by Crippen LogP contribution is -2.04. The standard InChI is InChI=1S/C28H14F2N2O4/c29-19-5-1-3-17(11-19)25-31-23-9-7-15(13-21(23)27(33)35-25)16-8-10-24-22(14-16)28(34)36-26(32-24)18-4-2-6-20(30)12-18/h1-14H. The molecule has 0 aliphatic rings. The van der Waals surface area contributed by atoms with E-state index in [0.717, 1.165) is 0 Å². The zero-order valence-corrected chi connectivity index (χ0v) is 18.4. The molecule has 0 unspecified atom stereocenters. The predicted octanol–water partition coefficient (Wildman–Crippen LogP) is 5.97. The van der Waals surface area contributed by atoms with Crippen molar-refractivity contribution >= 4 is 21.8 Å². The third kappa shape index (κ3) is 3.84. The Morgan fingerprint density at radius 2 is 0.972 bits per heavy atom. The average Bonchev–Trinajstić information content (AvgIpc) is 2.88. The van der Waals surface area contributed by atoms with Crippen LogP contribution in [0.4, 0.5) is 8.78 Å². The van der Waals surface area contributed by atoms with Gasteiger partial charge in [-0.3, -0.25) is 0 Å². The van der Waals surface area contributed by atoms with Gasteiger partial charge in [0.2, 0.25) is 11.8 Å². The molecule has 0 bridgehead atoms. The molecule has 0 spiro atoms. The van der Waals surface area contributed by atoms with Crippen molar-refractivity contribution in [1.82, 2.24) is 9.97 Å². The predicted molar refractivity (Wildman–Crippen MR) is 130 cm³/mol. The molecule has 2 heterocycles. The van der Waals surface area contributed by atoms with Crippen LogP contribution in [0.1, 0.15) is 0 Å². The fourth-order valence-electron chi connectivity index (χ4n) is 3.99. The number of hydrogen-bond acceptors (Lipinski definition) is 6. The third-order valence-electron chi connectivity index (χ3n) is 5.73. The average molecular weight is 480 g/mol. The van der Waals surface area contributed by atoms with Crippen LogP contribution in [0.3, 0.4) is 0 Å². The number of nitrogens with zero attached hydrogens (tertiary/aromatic N) is 2. The maximum Gasteiger partial charge on any atom is 0.347 e. The van der Waals surface area contributed by atoms with Gasteiger partial charge in [-0.05, 0) is 71.8 Å². The van der Waals surface area contributed by atoms with Crippen LogP contribution >= 0.6 is 0 Å². The molecule has 0 radical (unpaired) electrons. The van der Waals surface area contributed by atoms with Crippen LogP contribution in [-0.4, -0.2) is 9.97 Å². The van der Waals surface area contributed by atoms with Gasteiger partial charge >= 0.3 is 11.3 Å². The van der Waals surface area contributed by atoms with Gasteiger partial charge in [0.1, 0.15) is 11.6 Å². The van der Waals surface area contributed by atoms with Gasteiger partial charge in [-0.25, -0.2) is 28.3 Å². The van der Waals surface area contributed by atoms with Crippen LogP contribution in [-0.2, 0) is 0 Å². The maximum absolute atomic E-state index is 13.6. The van der Waals surface area contributed by atoms with Crippen molar-refractivity contribution in [3.63, 3.8) is 0 Å². The summed E-state index contributed by atoms with van der Waals surface area (Å²) in [5.74, 6) is -0.900. The summed E-state index contributed by atoms with van der Waals surface area (Å²) in [6.45, 7) is 0. The summed E-state index contributed by atoms with van der Waals surface area (Å²) in [4.78, 5) is 34.1.